The van der Waals surface area contributed by atoms with Crippen LogP contribution < -0.4 is 19.3 Å². The number of aromatic nitrogens is 5. The molecule has 1 unspecified atom stereocenters. The van der Waals surface area contributed by atoms with Gasteiger partial charge in [-0.1, -0.05) is 35.9 Å². The van der Waals surface area contributed by atoms with Gasteiger partial charge in [-0.3, -0.25) is 4.57 Å². The van der Waals surface area contributed by atoms with Crippen molar-refractivity contribution >= 4 is 32.9 Å². The molecular formula is C27H24ClFN6O5S. The third kappa shape index (κ3) is 5.38. The monoisotopic (exact) mass is 598 g/mol. The van der Waals surface area contributed by atoms with E-state index in [1.807, 2.05) is 6.92 Å². The number of sulfonamides is 1. The van der Waals surface area contributed by atoms with Gasteiger partial charge < -0.3 is 14.2 Å². The lowest BCUT2D eigenvalue weighted by atomic mass is 10.1. The van der Waals surface area contributed by atoms with Crippen molar-refractivity contribution in [3.63, 3.8) is 0 Å². The summed E-state index contributed by atoms with van der Waals surface area (Å²) in [5, 5.41) is 3.84. The number of nitrogens with two attached hydrogens (primary N) is 1. The van der Waals surface area contributed by atoms with E-state index in [0.717, 1.165) is 12.1 Å². The number of para-hydroxylation sites is 1. The van der Waals surface area contributed by atoms with Gasteiger partial charge in [-0.15, -0.1) is 0 Å². The normalized spacial score (nSPS) is 12.3. The van der Waals surface area contributed by atoms with Crippen LogP contribution in [0.5, 0.6) is 17.4 Å². The van der Waals surface area contributed by atoms with Gasteiger partial charge in [0.15, 0.2) is 22.3 Å². The molecule has 212 valence electrons. The molecular weight excluding hydrogens is 575 g/mol. The highest BCUT2D eigenvalue weighted by Crippen LogP contribution is 2.39. The molecule has 0 aliphatic carbocycles. The molecule has 3 heterocycles. The molecule has 11 nitrogen and oxygen atoms in total. The topological polar surface area (TPSA) is 144 Å². The lowest BCUT2D eigenvalue weighted by molar-refractivity contribution is 0.327. The Morgan fingerprint density at radius 1 is 0.951 bits per heavy atom. The standard InChI is InChI=1S/C27H24ClFN6O5S/c1-4-40-20-10-5-7-17(31-20)26-34-25-27(35(26)22-18(38-2)8-6-9-19(22)39-3)32-21(24(28)33-25)23(41(30,36)37)15-11-13-16(29)14-12-15/h5-14,23H,4H2,1-3H3,(H2,30,36,37). The number of imidazole rings is 1. The lowest BCUT2D eigenvalue weighted by Crippen LogP contribution is -2.24. The van der Waals surface area contributed by atoms with Gasteiger partial charge in [-0.05, 0) is 42.8 Å². The molecule has 0 fully saturated rings. The summed E-state index contributed by atoms with van der Waals surface area (Å²) in [5.74, 6) is 0.867. The predicted molar refractivity (Wildman–Crippen MR) is 151 cm³/mol. The van der Waals surface area contributed by atoms with Crippen molar-refractivity contribution in [2.45, 2.75) is 12.2 Å². The Kier molecular flexibility index (Phi) is 7.76. The van der Waals surface area contributed by atoms with Crippen molar-refractivity contribution < 1.29 is 27.0 Å². The van der Waals surface area contributed by atoms with Crippen LogP contribution in [0.4, 0.5) is 4.39 Å². The zero-order chi connectivity index (χ0) is 29.3. The minimum absolute atomic E-state index is 0.0811. The van der Waals surface area contributed by atoms with E-state index >= 15 is 0 Å². The summed E-state index contributed by atoms with van der Waals surface area (Å²) >= 11 is 6.52. The summed E-state index contributed by atoms with van der Waals surface area (Å²) in [6.07, 6.45) is 0. The number of methoxy groups -OCH3 is 2. The van der Waals surface area contributed by atoms with Crippen LogP contribution in [-0.4, -0.2) is 53.7 Å². The number of pyridine rings is 1. The fraction of sp³-hybridized carbons (Fsp3) is 0.185. The molecule has 14 heteroatoms. The number of primary sulfonamides is 1. The summed E-state index contributed by atoms with van der Waals surface area (Å²) in [7, 11) is -1.37. The van der Waals surface area contributed by atoms with Crippen molar-refractivity contribution in [1.82, 2.24) is 24.5 Å². The van der Waals surface area contributed by atoms with Gasteiger partial charge in [0.1, 0.15) is 39.6 Å². The van der Waals surface area contributed by atoms with E-state index in [9.17, 15) is 12.8 Å². The first-order valence-electron chi connectivity index (χ1n) is 12.2. The molecule has 41 heavy (non-hydrogen) atoms. The molecule has 3 aromatic heterocycles. The van der Waals surface area contributed by atoms with Crippen LogP contribution in [0, 0.1) is 5.82 Å². The van der Waals surface area contributed by atoms with Gasteiger partial charge in [0, 0.05) is 6.07 Å². The van der Waals surface area contributed by atoms with Gasteiger partial charge in [0.25, 0.3) is 0 Å². The maximum absolute atomic E-state index is 13.7. The molecule has 5 aromatic rings. The van der Waals surface area contributed by atoms with Gasteiger partial charge >= 0.3 is 0 Å². The smallest absolute Gasteiger partial charge is 0.222 e. The summed E-state index contributed by atoms with van der Waals surface area (Å²) < 4.78 is 57.9. The van der Waals surface area contributed by atoms with E-state index in [4.69, 9.17) is 31.0 Å². The predicted octanol–water partition coefficient (Wildman–Crippen LogP) is 4.46. The summed E-state index contributed by atoms with van der Waals surface area (Å²) in [6, 6.07) is 15.2. The van der Waals surface area contributed by atoms with Crippen LogP contribution in [0.15, 0.2) is 60.7 Å². The van der Waals surface area contributed by atoms with E-state index in [0.29, 0.717) is 35.4 Å². The van der Waals surface area contributed by atoms with Crippen LogP contribution in [0.25, 0.3) is 28.5 Å². The molecule has 0 bridgehead atoms. The Bertz CT molecular complexity index is 1830. The quantitative estimate of drug-likeness (QED) is 0.260. The summed E-state index contributed by atoms with van der Waals surface area (Å²) in [4.78, 5) is 18.3. The third-order valence-electron chi connectivity index (χ3n) is 6.10. The van der Waals surface area contributed by atoms with Gasteiger partial charge in [0.2, 0.25) is 15.9 Å². The average Bonchev–Trinajstić information content (AvgIpc) is 3.31. The van der Waals surface area contributed by atoms with Crippen molar-refractivity contribution in [2.24, 2.45) is 5.14 Å². The second-order valence-corrected chi connectivity index (χ2v) is 10.7. The Hall–Kier alpha value is -4.33. The van der Waals surface area contributed by atoms with Crippen LogP contribution >= 0.6 is 11.6 Å². The van der Waals surface area contributed by atoms with E-state index in [1.54, 1.807) is 41.0 Å². The van der Waals surface area contributed by atoms with Crippen LogP contribution in [-0.2, 0) is 10.0 Å². The molecule has 0 saturated carbocycles. The Labute approximate surface area is 239 Å². The minimum atomic E-state index is -4.35. The van der Waals surface area contributed by atoms with Gasteiger partial charge in [-0.25, -0.2) is 37.9 Å². The number of nitrogens with zero attached hydrogens (tertiary/aromatic N) is 5. The van der Waals surface area contributed by atoms with Crippen LogP contribution in [0.2, 0.25) is 5.15 Å². The molecule has 1 atom stereocenters. The fourth-order valence-electron chi connectivity index (χ4n) is 4.40. The molecule has 0 radical (unpaired) electrons. The Balaban J connectivity index is 1.88. The van der Waals surface area contributed by atoms with Crippen molar-refractivity contribution in [3.8, 4) is 34.6 Å². The molecule has 0 saturated heterocycles. The van der Waals surface area contributed by atoms with Gasteiger partial charge in [0.05, 0.1) is 20.8 Å². The minimum Gasteiger partial charge on any atom is -0.494 e. The van der Waals surface area contributed by atoms with Gasteiger partial charge in [-0.2, -0.15) is 0 Å². The number of hydrogen-bond donors (Lipinski definition) is 1. The zero-order valence-electron chi connectivity index (χ0n) is 22.1. The number of fused-ring (bicyclic) bond motifs is 1. The molecule has 0 spiro atoms. The van der Waals surface area contributed by atoms with Crippen molar-refractivity contribution in [1.29, 1.82) is 0 Å². The molecule has 0 aliphatic rings. The lowest BCUT2D eigenvalue weighted by Gasteiger charge is -2.18. The molecule has 2 aromatic carbocycles. The van der Waals surface area contributed by atoms with Crippen LogP contribution in [0.3, 0.4) is 0 Å². The number of hydrogen-bond acceptors (Lipinski definition) is 9. The number of halogens is 2. The maximum Gasteiger partial charge on any atom is 0.222 e. The van der Waals surface area contributed by atoms with E-state index in [1.165, 1.54) is 26.4 Å². The number of ether oxygens (including phenoxy) is 3. The largest absolute Gasteiger partial charge is 0.494 e. The third-order valence-corrected chi connectivity index (χ3v) is 7.53. The van der Waals surface area contributed by atoms with Crippen LogP contribution in [0.1, 0.15) is 23.4 Å². The SMILES string of the molecule is CCOc1cccc(-c2nc3nc(Cl)c(C(c4ccc(F)cc4)S(N)(=O)=O)nc3n2-c2c(OC)cccc2OC)n1. The highest BCUT2D eigenvalue weighted by Gasteiger charge is 2.33. The molecule has 2 N–H and O–H groups in total. The number of benzene rings is 2. The zero-order valence-corrected chi connectivity index (χ0v) is 23.6. The summed E-state index contributed by atoms with van der Waals surface area (Å²) in [6.45, 7) is 2.23. The number of rotatable bonds is 9. The fourth-order valence-corrected chi connectivity index (χ4v) is 5.71. The molecule has 0 aliphatic heterocycles. The molecule has 5 rings (SSSR count). The maximum atomic E-state index is 13.7. The highest BCUT2D eigenvalue weighted by atomic mass is 35.5. The first-order valence-corrected chi connectivity index (χ1v) is 14.2. The average molecular weight is 599 g/mol. The van der Waals surface area contributed by atoms with E-state index in [2.05, 4.69) is 19.9 Å². The molecule has 0 amide bonds. The second kappa shape index (κ2) is 11.3. The van der Waals surface area contributed by atoms with E-state index < -0.39 is 21.1 Å². The first kappa shape index (κ1) is 28.2. The van der Waals surface area contributed by atoms with E-state index in [-0.39, 0.29) is 33.5 Å². The Morgan fingerprint density at radius 3 is 2.22 bits per heavy atom. The Morgan fingerprint density at radius 2 is 1.61 bits per heavy atom. The highest BCUT2D eigenvalue weighted by molar-refractivity contribution is 7.89. The van der Waals surface area contributed by atoms with Crippen molar-refractivity contribution in [2.75, 3.05) is 20.8 Å². The first-order chi connectivity index (χ1) is 19.7. The summed E-state index contributed by atoms with van der Waals surface area (Å²) in [5.41, 5.74) is 0.958. The second-order valence-electron chi connectivity index (χ2n) is 8.64. The van der Waals surface area contributed by atoms with Crippen molar-refractivity contribution in [3.05, 3.63) is 82.9 Å².